The van der Waals surface area contributed by atoms with Crippen molar-refractivity contribution in [2.24, 2.45) is 0 Å². The van der Waals surface area contributed by atoms with E-state index in [2.05, 4.69) is 27.9 Å². The van der Waals surface area contributed by atoms with E-state index in [9.17, 15) is 9.59 Å². The molecule has 0 spiro atoms. The van der Waals surface area contributed by atoms with Crippen molar-refractivity contribution in [3.63, 3.8) is 0 Å². The van der Waals surface area contributed by atoms with Crippen LogP contribution in [0.25, 0.3) is 0 Å². The van der Waals surface area contributed by atoms with Gasteiger partial charge in [-0.05, 0) is 71.8 Å². The van der Waals surface area contributed by atoms with Crippen molar-refractivity contribution in [3.8, 4) is 0 Å². The zero-order chi connectivity index (χ0) is 17.3. The number of hydrogen-bond acceptors (Lipinski definition) is 2. The number of carbonyl (C=O) groups excluding carboxylic acids is 1. The van der Waals surface area contributed by atoms with Crippen LogP contribution in [0.1, 0.15) is 35.3 Å². The quantitative estimate of drug-likeness (QED) is 0.699. The first-order chi connectivity index (χ1) is 11.5. The van der Waals surface area contributed by atoms with Gasteiger partial charge >= 0.3 is 6.09 Å². The van der Waals surface area contributed by atoms with Crippen LogP contribution in [0.4, 0.5) is 10.5 Å². The van der Waals surface area contributed by atoms with Gasteiger partial charge in [0, 0.05) is 20.9 Å². The molecule has 0 saturated heterocycles. The molecule has 1 aliphatic heterocycles. The number of fused-ring (bicyclic) bond motifs is 1. The third kappa shape index (κ3) is 3.24. The molecule has 1 aliphatic rings. The Morgan fingerprint density at radius 2 is 1.83 bits per heavy atom. The minimum Gasteiger partial charge on any atom is -0.465 e. The van der Waals surface area contributed by atoms with E-state index in [4.69, 9.17) is 5.11 Å². The molecule has 2 atom stereocenters. The second-order valence-corrected chi connectivity index (χ2v) is 7.07. The topological polar surface area (TPSA) is 69.6 Å². The minimum atomic E-state index is -1.06. The summed E-state index contributed by atoms with van der Waals surface area (Å²) in [6.07, 6.45) is -0.515. The Labute approximate surface area is 153 Å². The normalized spacial score (nSPS) is 19.5. The number of nitrogens with zero attached hydrogens (tertiary/aromatic N) is 1. The van der Waals surface area contributed by atoms with E-state index in [1.807, 2.05) is 55.5 Å². The number of nitrogens with one attached hydrogen (secondary N) is 1. The van der Waals surface area contributed by atoms with Crippen LogP contribution in [-0.2, 0) is 0 Å². The van der Waals surface area contributed by atoms with E-state index >= 15 is 0 Å². The van der Waals surface area contributed by atoms with Gasteiger partial charge in [0.25, 0.3) is 5.91 Å². The number of benzene rings is 2. The Bertz CT molecular complexity index is 776. The standard InChI is InChI=1S/C18H17IN2O3/c1-11-10-15(20-18(23)24)14-4-2-3-5-16(14)21(11)17(22)12-6-8-13(19)9-7-12/h2-9,11,15,20H,10H2,1H3,(H,23,24)/t11-,15+/m0/s1. The summed E-state index contributed by atoms with van der Waals surface area (Å²) >= 11 is 2.20. The summed E-state index contributed by atoms with van der Waals surface area (Å²) in [6, 6.07) is 14.5. The summed E-state index contributed by atoms with van der Waals surface area (Å²) in [7, 11) is 0. The number of anilines is 1. The van der Waals surface area contributed by atoms with Gasteiger partial charge in [0.05, 0.1) is 6.04 Å². The number of para-hydroxylation sites is 1. The van der Waals surface area contributed by atoms with Gasteiger partial charge in [-0.25, -0.2) is 4.79 Å². The van der Waals surface area contributed by atoms with Crippen molar-refractivity contribution < 1.29 is 14.7 Å². The zero-order valence-corrected chi connectivity index (χ0v) is 15.2. The van der Waals surface area contributed by atoms with E-state index in [0.717, 1.165) is 14.8 Å². The Balaban J connectivity index is 2.00. The molecule has 6 heteroatoms. The van der Waals surface area contributed by atoms with E-state index in [1.54, 1.807) is 4.90 Å². The molecule has 0 aliphatic carbocycles. The number of carbonyl (C=O) groups is 2. The summed E-state index contributed by atoms with van der Waals surface area (Å²) in [5, 5.41) is 11.6. The molecule has 0 bridgehead atoms. The Morgan fingerprint density at radius 1 is 1.17 bits per heavy atom. The van der Waals surface area contributed by atoms with Crippen molar-refractivity contribution in [1.29, 1.82) is 0 Å². The van der Waals surface area contributed by atoms with Crippen LogP contribution in [0.2, 0.25) is 0 Å². The number of carboxylic acid groups (broad SMARTS) is 1. The van der Waals surface area contributed by atoms with Gasteiger partial charge in [0.2, 0.25) is 0 Å². The fourth-order valence-corrected chi connectivity index (χ4v) is 3.50. The predicted molar refractivity (Wildman–Crippen MR) is 100 cm³/mol. The number of amides is 2. The minimum absolute atomic E-state index is 0.0693. The van der Waals surface area contributed by atoms with Gasteiger partial charge in [0.15, 0.2) is 0 Å². The van der Waals surface area contributed by atoms with Crippen LogP contribution in [0.5, 0.6) is 0 Å². The number of rotatable bonds is 2. The van der Waals surface area contributed by atoms with E-state index in [-0.39, 0.29) is 18.0 Å². The molecule has 124 valence electrons. The lowest BCUT2D eigenvalue weighted by atomic mass is 9.91. The van der Waals surface area contributed by atoms with Crippen LogP contribution in [0.15, 0.2) is 48.5 Å². The molecule has 24 heavy (non-hydrogen) atoms. The van der Waals surface area contributed by atoms with Crippen molar-refractivity contribution in [1.82, 2.24) is 5.32 Å². The third-order valence-electron chi connectivity index (χ3n) is 4.20. The van der Waals surface area contributed by atoms with Crippen LogP contribution in [0, 0.1) is 3.57 Å². The first-order valence-corrected chi connectivity index (χ1v) is 8.72. The van der Waals surface area contributed by atoms with Crippen LogP contribution >= 0.6 is 22.6 Å². The Morgan fingerprint density at radius 3 is 2.50 bits per heavy atom. The molecule has 5 nitrogen and oxygen atoms in total. The molecule has 1 heterocycles. The second kappa shape index (κ2) is 6.80. The van der Waals surface area contributed by atoms with Gasteiger partial charge in [-0.1, -0.05) is 18.2 Å². The van der Waals surface area contributed by atoms with Gasteiger partial charge in [-0.2, -0.15) is 0 Å². The SMILES string of the molecule is C[C@H]1C[C@@H](NC(=O)O)c2ccccc2N1C(=O)c1ccc(I)cc1. The summed E-state index contributed by atoms with van der Waals surface area (Å²) in [5.41, 5.74) is 2.22. The maximum atomic E-state index is 13.0. The van der Waals surface area contributed by atoms with Gasteiger partial charge in [-0.3, -0.25) is 4.79 Å². The second-order valence-electron chi connectivity index (χ2n) is 5.83. The fourth-order valence-electron chi connectivity index (χ4n) is 3.14. The summed E-state index contributed by atoms with van der Waals surface area (Å²) in [4.78, 5) is 25.8. The highest BCUT2D eigenvalue weighted by Crippen LogP contribution is 2.37. The number of hydrogen-bond donors (Lipinski definition) is 2. The Kier molecular flexibility index (Phi) is 4.75. The predicted octanol–water partition coefficient (Wildman–Crippen LogP) is 4.04. The van der Waals surface area contributed by atoms with Crippen LogP contribution in [-0.4, -0.2) is 23.1 Å². The number of halogens is 1. The zero-order valence-electron chi connectivity index (χ0n) is 13.1. The molecule has 3 rings (SSSR count). The van der Waals surface area contributed by atoms with Gasteiger partial charge in [-0.15, -0.1) is 0 Å². The van der Waals surface area contributed by atoms with E-state index in [1.165, 1.54) is 0 Å². The molecule has 0 aromatic heterocycles. The van der Waals surface area contributed by atoms with Gasteiger partial charge < -0.3 is 15.3 Å². The average Bonchev–Trinajstić information content (AvgIpc) is 2.54. The van der Waals surface area contributed by atoms with Crippen LogP contribution in [0.3, 0.4) is 0 Å². The molecule has 2 N–H and O–H groups in total. The molecule has 2 aromatic carbocycles. The monoisotopic (exact) mass is 436 g/mol. The van der Waals surface area contributed by atoms with E-state index in [0.29, 0.717) is 12.0 Å². The van der Waals surface area contributed by atoms with Crippen molar-refractivity contribution in [2.45, 2.75) is 25.4 Å². The lowest BCUT2D eigenvalue weighted by Gasteiger charge is -2.39. The molecule has 0 saturated carbocycles. The molecule has 2 aromatic rings. The summed E-state index contributed by atoms with van der Waals surface area (Å²) in [6.45, 7) is 1.94. The third-order valence-corrected chi connectivity index (χ3v) is 4.92. The van der Waals surface area contributed by atoms with Gasteiger partial charge in [0.1, 0.15) is 0 Å². The lowest BCUT2D eigenvalue weighted by molar-refractivity contribution is 0.0973. The first-order valence-electron chi connectivity index (χ1n) is 7.65. The van der Waals surface area contributed by atoms with Crippen molar-refractivity contribution >= 4 is 40.3 Å². The van der Waals surface area contributed by atoms with Crippen molar-refractivity contribution in [3.05, 3.63) is 63.2 Å². The van der Waals surface area contributed by atoms with Crippen molar-refractivity contribution in [2.75, 3.05) is 4.90 Å². The maximum Gasteiger partial charge on any atom is 0.405 e. The fraction of sp³-hybridized carbons (Fsp3) is 0.222. The smallest absolute Gasteiger partial charge is 0.405 e. The molecule has 0 fully saturated rings. The molecular formula is C18H17IN2O3. The highest BCUT2D eigenvalue weighted by atomic mass is 127. The molecular weight excluding hydrogens is 419 g/mol. The Hall–Kier alpha value is -2.09. The van der Waals surface area contributed by atoms with Crippen LogP contribution < -0.4 is 10.2 Å². The largest absolute Gasteiger partial charge is 0.465 e. The highest BCUT2D eigenvalue weighted by molar-refractivity contribution is 14.1. The molecule has 0 radical (unpaired) electrons. The molecule has 0 unspecified atom stereocenters. The highest BCUT2D eigenvalue weighted by Gasteiger charge is 2.34. The first kappa shape index (κ1) is 16.8. The average molecular weight is 436 g/mol. The summed E-state index contributed by atoms with van der Waals surface area (Å²) in [5.74, 6) is -0.0693. The summed E-state index contributed by atoms with van der Waals surface area (Å²) < 4.78 is 1.07. The maximum absolute atomic E-state index is 13.0. The van der Waals surface area contributed by atoms with E-state index < -0.39 is 6.09 Å². The molecule has 2 amide bonds. The lowest BCUT2D eigenvalue weighted by Crippen LogP contribution is -2.46.